The van der Waals surface area contributed by atoms with E-state index in [9.17, 15) is 0 Å². The largest absolute Gasteiger partial charge is 0.103 e. The van der Waals surface area contributed by atoms with Gasteiger partial charge in [-0.25, -0.2) is 0 Å². The molecule has 0 aliphatic heterocycles. The molecule has 0 fully saturated rings. The highest BCUT2D eigenvalue weighted by molar-refractivity contribution is 9.09. The molecule has 0 N–H and O–H groups in total. The van der Waals surface area contributed by atoms with Gasteiger partial charge >= 0.3 is 0 Å². The molecule has 0 rings (SSSR count). The van der Waals surface area contributed by atoms with Crippen LogP contribution in [0.1, 0.15) is 19.8 Å². The molecule has 0 radical (unpaired) electrons. The molecule has 0 nitrogen and oxygen atoms in total. The lowest BCUT2D eigenvalue weighted by Crippen LogP contribution is -1.75. The van der Waals surface area contributed by atoms with Gasteiger partial charge in [-0.1, -0.05) is 33.7 Å². The van der Waals surface area contributed by atoms with Gasteiger partial charge in [-0.15, -0.1) is 6.58 Å². The Bertz CT molecular complexity index is 103. The summed E-state index contributed by atoms with van der Waals surface area (Å²) in [5.74, 6) is 0. The van der Waals surface area contributed by atoms with Gasteiger partial charge in [0, 0.05) is 5.33 Å². The third-order valence-electron chi connectivity index (χ3n) is 1.17. The highest BCUT2D eigenvalue weighted by atomic mass is 79.9. The zero-order chi connectivity index (χ0) is 7.11. The highest BCUT2D eigenvalue weighted by Crippen LogP contribution is 2.04. The molecule has 0 aliphatic rings. The summed E-state index contributed by atoms with van der Waals surface area (Å²) in [7, 11) is 0. The monoisotopic (exact) mass is 188 g/mol. The molecule has 1 heteroatoms. The van der Waals surface area contributed by atoms with Crippen LogP contribution in [0.15, 0.2) is 24.3 Å². The Morgan fingerprint density at radius 2 is 2.33 bits per heavy atom. The summed E-state index contributed by atoms with van der Waals surface area (Å²) < 4.78 is 0. The second-order valence-electron chi connectivity index (χ2n) is 2.03. The third-order valence-corrected chi connectivity index (χ3v) is 1.49. The Kier molecular flexibility index (Phi) is 6.06. The number of alkyl halides is 1. The number of hydrogen-bond donors (Lipinski definition) is 0. The minimum absolute atomic E-state index is 0.968. The molecule has 0 saturated carbocycles. The van der Waals surface area contributed by atoms with E-state index in [1.807, 2.05) is 6.08 Å². The summed E-state index contributed by atoms with van der Waals surface area (Å²) in [4.78, 5) is 0. The highest BCUT2D eigenvalue weighted by Gasteiger charge is 1.84. The maximum Gasteiger partial charge on any atom is 0.0214 e. The smallest absolute Gasteiger partial charge is 0.0214 e. The van der Waals surface area contributed by atoms with E-state index in [-0.39, 0.29) is 0 Å². The first kappa shape index (κ1) is 8.96. The van der Waals surface area contributed by atoms with Crippen molar-refractivity contribution < 1.29 is 0 Å². The summed E-state index contributed by atoms with van der Waals surface area (Å²) >= 11 is 3.34. The van der Waals surface area contributed by atoms with Crippen LogP contribution in [0.5, 0.6) is 0 Å². The fraction of sp³-hybridized carbons (Fsp3) is 0.500. The first-order valence-electron chi connectivity index (χ1n) is 3.13. The zero-order valence-electron chi connectivity index (χ0n) is 5.86. The molecule has 0 aromatic carbocycles. The Hall–Kier alpha value is -0.0400. The summed E-state index contributed by atoms with van der Waals surface area (Å²) in [5.41, 5.74) is 1.44. The first-order chi connectivity index (χ1) is 4.31. The van der Waals surface area contributed by atoms with Crippen molar-refractivity contribution in [3.63, 3.8) is 0 Å². The maximum atomic E-state index is 3.65. The Labute approximate surface area is 65.8 Å². The van der Waals surface area contributed by atoms with Crippen LogP contribution in [0.25, 0.3) is 0 Å². The Morgan fingerprint density at radius 1 is 1.67 bits per heavy atom. The van der Waals surface area contributed by atoms with Crippen molar-refractivity contribution >= 4 is 15.9 Å². The van der Waals surface area contributed by atoms with Crippen LogP contribution in [0.4, 0.5) is 0 Å². The standard InChI is InChI=1S/C8H13Br/c1-3-4-5-8(2)6-7-9/h3,6H,1,4-5,7H2,2H3/b8-6-. The van der Waals surface area contributed by atoms with Crippen molar-refractivity contribution in [1.82, 2.24) is 0 Å². The van der Waals surface area contributed by atoms with Crippen LogP contribution < -0.4 is 0 Å². The number of halogens is 1. The van der Waals surface area contributed by atoms with Crippen molar-refractivity contribution in [2.75, 3.05) is 5.33 Å². The molecule has 0 aliphatic carbocycles. The average molecular weight is 189 g/mol. The topological polar surface area (TPSA) is 0 Å². The molecule has 0 amide bonds. The predicted molar refractivity (Wildman–Crippen MR) is 47.0 cm³/mol. The van der Waals surface area contributed by atoms with Crippen LogP contribution >= 0.6 is 15.9 Å². The minimum atomic E-state index is 0.968. The Balaban J connectivity index is 3.36. The summed E-state index contributed by atoms with van der Waals surface area (Å²) in [6, 6.07) is 0. The number of allylic oxidation sites excluding steroid dienone is 3. The van der Waals surface area contributed by atoms with Crippen molar-refractivity contribution in [1.29, 1.82) is 0 Å². The third kappa shape index (κ3) is 5.84. The van der Waals surface area contributed by atoms with Crippen molar-refractivity contribution in [3.05, 3.63) is 24.3 Å². The van der Waals surface area contributed by atoms with E-state index >= 15 is 0 Å². The van der Waals surface area contributed by atoms with E-state index in [2.05, 4.69) is 35.5 Å². The second kappa shape index (κ2) is 6.09. The first-order valence-corrected chi connectivity index (χ1v) is 4.26. The van der Waals surface area contributed by atoms with Gasteiger partial charge in [0.1, 0.15) is 0 Å². The van der Waals surface area contributed by atoms with E-state index in [4.69, 9.17) is 0 Å². The van der Waals surface area contributed by atoms with Crippen LogP contribution in [0.3, 0.4) is 0 Å². The molecule has 0 atom stereocenters. The SMILES string of the molecule is C=CCC/C(C)=C\CBr. The summed E-state index contributed by atoms with van der Waals surface area (Å²) in [5, 5.41) is 0.968. The van der Waals surface area contributed by atoms with Crippen molar-refractivity contribution in [2.24, 2.45) is 0 Å². The van der Waals surface area contributed by atoms with Crippen molar-refractivity contribution in [2.45, 2.75) is 19.8 Å². The van der Waals surface area contributed by atoms with E-state index in [1.165, 1.54) is 5.57 Å². The summed E-state index contributed by atoms with van der Waals surface area (Å²) in [6.07, 6.45) is 6.37. The van der Waals surface area contributed by atoms with Crippen molar-refractivity contribution in [3.8, 4) is 0 Å². The van der Waals surface area contributed by atoms with Gasteiger partial charge in [0.25, 0.3) is 0 Å². The Morgan fingerprint density at radius 3 is 2.78 bits per heavy atom. The van der Waals surface area contributed by atoms with Crippen LogP contribution in [-0.2, 0) is 0 Å². The predicted octanol–water partition coefficient (Wildman–Crippen LogP) is 3.29. The van der Waals surface area contributed by atoms with Crippen LogP contribution in [-0.4, -0.2) is 5.33 Å². The van der Waals surface area contributed by atoms with E-state index in [1.54, 1.807) is 0 Å². The molecule has 0 aromatic heterocycles. The second-order valence-corrected chi connectivity index (χ2v) is 2.68. The van der Waals surface area contributed by atoms with Gasteiger partial charge in [0.05, 0.1) is 0 Å². The van der Waals surface area contributed by atoms with Gasteiger partial charge in [0.15, 0.2) is 0 Å². The lowest BCUT2D eigenvalue weighted by Gasteiger charge is -1.93. The normalized spacial score (nSPS) is 11.6. The fourth-order valence-corrected chi connectivity index (χ4v) is 1.12. The van der Waals surface area contributed by atoms with Gasteiger partial charge in [-0.05, 0) is 19.8 Å². The number of hydrogen-bond acceptors (Lipinski definition) is 0. The lowest BCUT2D eigenvalue weighted by atomic mass is 10.1. The summed E-state index contributed by atoms with van der Waals surface area (Å²) in [6.45, 7) is 5.80. The van der Waals surface area contributed by atoms with E-state index in [0.717, 1.165) is 18.2 Å². The molecule has 0 bridgehead atoms. The van der Waals surface area contributed by atoms with Gasteiger partial charge < -0.3 is 0 Å². The molecule has 0 heterocycles. The molecule has 0 unspecified atom stereocenters. The molecular formula is C8H13Br. The quantitative estimate of drug-likeness (QED) is 0.470. The van der Waals surface area contributed by atoms with Crippen LogP contribution in [0.2, 0.25) is 0 Å². The number of rotatable bonds is 4. The molecule has 9 heavy (non-hydrogen) atoms. The molecule has 52 valence electrons. The average Bonchev–Trinajstić information content (AvgIpc) is 1.85. The molecule has 0 spiro atoms. The van der Waals surface area contributed by atoms with Gasteiger partial charge in [0.2, 0.25) is 0 Å². The van der Waals surface area contributed by atoms with E-state index in [0.29, 0.717) is 0 Å². The van der Waals surface area contributed by atoms with E-state index < -0.39 is 0 Å². The van der Waals surface area contributed by atoms with Gasteiger partial charge in [-0.3, -0.25) is 0 Å². The fourth-order valence-electron chi connectivity index (χ4n) is 0.564. The molecule has 0 saturated heterocycles. The lowest BCUT2D eigenvalue weighted by molar-refractivity contribution is 0.977. The molecular weight excluding hydrogens is 176 g/mol. The minimum Gasteiger partial charge on any atom is -0.103 e. The van der Waals surface area contributed by atoms with Gasteiger partial charge in [-0.2, -0.15) is 0 Å². The molecule has 0 aromatic rings. The zero-order valence-corrected chi connectivity index (χ0v) is 7.45. The maximum absolute atomic E-state index is 3.65. The van der Waals surface area contributed by atoms with Crippen LogP contribution in [0, 0.1) is 0 Å².